The zero-order valence-electron chi connectivity index (χ0n) is 14.1. The second-order valence-corrected chi connectivity index (χ2v) is 6.36. The molecule has 1 saturated heterocycles. The van der Waals surface area contributed by atoms with E-state index in [1.807, 2.05) is 12.1 Å². The van der Waals surface area contributed by atoms with Gasteiger partial charge in [0.25, 0.3) is 0 Å². The van der Waals surface area contributed by atoms with E-state index >= 15 is 0 Å². The Labute approximate surface area is 141 Å². The van der Waals surface area contributed by atoms with Gasteiger partial charge in [-0.05, 0) is 29.5 Å². The molecule has 0 unspecified atom stereocenters. The average molecular weight is 329 g/mol. The van der Waals surface area contributed by atoms with Gasteiger partial charge in [-0.3, -0.25) is 4.79 Å². The minimum absolute atomic E-state index is 0.0593. The highest BCUT2D eigenvalue weighted by molar-refractivity contribution is 5.75. The molecular formula is C17H23N5O2. The summed E-state index contributed by atoms with van der Waals surface area (Å²) in [5.41, 5.74) is 2.16. The van der Waals surface area contributed by atoms with Gasteiger partial charge in [0, 0.05) is 18.7 Å². The zero-order chi connectivity index (χ0) is 16.9. The number of amides is 1. The maximum absolute atomic E-state index is 11.9. The number of rotatable bonds is 6. The average Bonchev–Trinajstić information content (AvgIpc) is 3.25. The first-order chi connectivity index (χ1) is 11.6. The van der Waals surface area contributed by atoms with Gasteiger partial charge in [-0.2, -0.15) is 4.80 Å². The molecule has 7 nitrogen and oxygen atoms in total. The first-order valence-corrected chi connectivity index (χ1v) is 8.38. The summed E-state index contributed by atoms with van der Waals surface area (Å²) < 4.78 is 5.48. The molecule has 1 N–H and O–H groups in total. The van der Waals surface area contributed by atoms with Gasteiger partial charge < -0.3 is 10.1 Å². The smallest absolute Gasteiger partial charge is 0.243 e. The van der Waals surface area contributed by atoms with Gasteiger partial charge >= 0.3 is 0 Å². The molecule has 24 heavy (non-hydrogen) atoms. The van der Waals surface area contributed by atoms with Crippen molar-refractivity contribution in [3.8, 4) is 11.4 Å². The first kappa shape index (κ1) is 16.6. The predicted octanol–water partition coefficient (Wildman–Crippen LogP) is 1.76. The SMILES string of the molecule is CC(C)c1ccc(-c2nnn(CC(=O)NC[C@H]3CCCO3)n2)cc1. The third-order valence-electron chi connectivity index (χ3n) is 4.12. The van der Waals surface area contributed by atoms with Crippen molar-refractivity contribution in [3.63, 3.8) is 0 Å². The van der Waals surface area contributed by atoms with E-state index in [1.165, 1.54) is 10.4 Å². The number of nitrogens with zero attached hydrogens (tertiary/aromatic N) is 4. The van der Waals surface area contributed by atoms with Crippen LogP contribution in [0.2, 0.25) is 0 Å². The predicted molar refractivity (Wildman–Crippen MR) is 89.3 cm³/mol. The number of hydrogen-bond acceptors (Lipinski definition) is 5. The van der Waals surface area contributed by atoms with E-state index in [1.54, 1.807) is 0 Å². The molecule has 1 amide bonds. The van der Waals surface area contributed by atoms with Crippen molar-refractivity contribution in [3.05, 3.63) is 29.8 Å². The Morgan fingerprint density at radius 2 is 2.17 bits per heavy atom. The molecule has 2 heterocycles. The van der Waals surface area contributed by atoms with E-state index in [4.69, 9.17) is 4.74 Å². The third-order valence-corrected chi connectivity index (χ3v) is 4.12. The number of nitrogens with one attached hydrogen (secondary N) is 1. The van der Waals surface area contributed by atoms with Gasteiger partial charge in [0.15, 0.2) is 0 Å². The lowest BCUT2D eigenvalue weighted by Crippen LogP contribution is -2.34. The van der Waals surface area contributed by atoms with Crippen molar-refractivity contribution >= 4 is 5.91 Å². The van der Waals surface area contributed by atoms with Crippen molar-refractivity contribution < 1.29 is 9.53 Å². The fourth-order valence-corrected chi connectivity index (χ4v) is 2.66. The van der Waals surface area contributed by atoms with Crippen LogP contribution < -0.4 is 5.32 Å². The summed E-state index contributed by atoms with van der Waals surface area (Å²) in [7, 11) is 0. The molecule has 1 aromatic carbocycles. The van der Waals surface area contributed by atoms with Gasteiger partial charge in [-0.15, -0.1) is 10.2 Å². The normalized spacial score (nSPS) is 17.4. The second kappa shape index (κ2) is 7.53. The monoisotopic (exact) mass is 329 g/mol. The van der Waals surface area contributed by atoms with Crippen molar-refractivity contribution in [2.45, 2.75) is 45.3 Å². The molecule has 7 heteroatoms. The standard InChI is InChI=1S/C17H23N5O2/c1-12(2)13-5-7-14(8-6-13)17-19-21-22(20-17)11-16(23)18-10-15-4-3-9-24-15/h5-8,12,15H,3-4,9-11H2,1-2H3,(H,18,23)/t15-/m1/s1. The van der Waals surface area contributed by atoms with Crippen molar-refractivity contribution in [2.24, 2.45) is 0 Å². The van der Waals surface area contributed by atoms with Crippen LogP contribution in [0.3, 0.4) is 0 Å². The molecule has 0 bridgehead atoms. The van der Waals surface area contributed by atoms with Crippen LogP contribution in [0.1, 0.15) is 38.2 Å². The van der Waals surface area contributed by atoms with Gasteiger partial charge in [0.2, 0.25) is 11.7 Å². The molecule has 1 aromatic heterocycles. The minimum Gasteiger partial charge on any atom is -0.376 e. The van der Waals surface area contributed by atoms with E-state index in [2.05, 4.69) is 46.7 Å². The molecule has 0 saturated carbocycles. The molecule has 1 atom stereocenters. The van der Waals surface area contributed by atoms with Gasteiger partial charge in [-0.25, -0.2) is 0 Å². The number of benzene rings is 1. The Kier molecular flexibility index (Phi) is 5.20. The highest BCUT2D eigenvalue weighted by Crippen LogP contribution is 2.19. The van der Waals surface area contributed by atoms with Crippen LogP contribution in [0.25, 0.3) is 11.4 Å². The summed E-state index contributed by atoms with van der Waals surface area (Å²) in [5.74, 6) is 0.872. The van der Waals surface area contributed by atoms with Crippen LogP contribution in [0.15, 0.2) is 24.3 Å². The zero-order valence-corrected chi connectivity index (χ0v) is 14.1. The Morgan fingerprint density at radius 1 is 1.38 bits per heavy atom. The second-order valence-electron chi connectivity index (χ2n) is 6.36. The van der Waals surface area contributed by atoms with Crippen molar-refractivity contribution in [2.75, 3.05) is 13.2 Å². The lowest BCUT2D eigenvalue weighted by Gasteiger charge is -2.10. The highest BCUT2D eigenvalue weighted by atomic mass is 16.5. The third kappa shape index (κ3) is 4.17. The Hall–Kier alpha value is -2.28. The van der Waals surface area contributed by atoms with Gasteiger partial charge in [0.05, 0.1) is 6.10 Å². The first-order valence-electron chi connectivity index (χ1n) is 8.38. The minimum atomic E-state index is -0.135. The van der Waals surface area contributed by atoms with Crippen molar-refractivity contribution in [1.82, 2.24) is 25.5 Å². The molecule has 0 spiro atoms. The molecule has 2 aromatic rings. The number of carbonyl (C=O) groups excluding carboxylic acids is 1. The summed E-state index contributed by atoms with van der Waals surface area (Å²) in [5, 5.41) is 15.1. The number of hydrogen-bond donors (Lipinski definition) is 1. The molecule has 0 aliphatic carbocycles. The summed E-state index contributed by atoms with van der Waals surface area (Å²) in [6.45, 7) is 5.68. The number of carbonyl (C=O) groups is 1. The molecule has 128 valence electrons. The number of tetrazole rings is 1. The van der Waals surface area contributed by atoms with Crippen LogP contribution in [0.4, 0.5) is 0 Å². The fraction of sp³-hybridized carbons (Fsp3) is 0.529. The summed E-state index contributed by atoms with van der Waals surface area (Å²) in [6, 6.07) is 8.09. The maximum atomic E-state index is 11.9. The van der Waals surface area contributed by atoms with E-state index in [9.17, 15) is 4.79 Å². The topological polar surface area (TPSA) is 81.9 Å². The quantitative estimate of drug-likeness (QED) is 0.873. The van der Waals surface area contributed by atoms with Crippen LogP contribution >= 0.6 is 0 Å². The molecule has 1 fully saturated rings. The fourth-order valence-electron chi connectivity index (χ4n) is 2.66. The summed E-state index contributed by atoms with van der Waals surface area (Å²) >= 11 is 0. The Balaban J connectivity index is 1.55. The lowest BCUT2D eigenvalue weighted by molar-refractivity contribution is -0.122. The number of aromatic nitrogens is 4. The Morgan fingerprint density at radius 3 is 2.83 bits per heavy atom. The molecule has 1 aliphatic heterocycles. The number of ether oxygens (including phenoxy) is 1. The lowest BCUT2D eigenvalue weighted by atomic mass is 10.0. The van der Waals surface area contributed by atoms with Gasteiger partial charge in [0.1, 0.15) is 6.54 Å². The van der Waals surface area contributed by atoms with E-state index in [0.717, 1.165) is 25.0 Å². The van der Waals surface area contributed by atoms with E-state index < -0.39 is 0 Å². The molecule has 1 aliphatic rings. The Bertz CT molecular complexity index is 675. The summed E-state index contributed by atoms with van der Waals surface area (Å²) in [6.07, 6.45) is 2.19. The highest BCUT2D eigenvalue weighted by Gasteiger charge is 2.16. The van der Waals surface area contributed by atoms with Crippen LogP contribution in [-0.2, 0) is 16.1 Å². The van der Waals surface area contributed by atoms with Crippen LogP contribution in [0.5, 0.6) is 0 Å². The van der Waals surface area contributed by atoms with Gasteiger partial charge in [-0.1, -0.05) is 38.1 Å². The molecule has 0 radical (unpaired) electrons. The molecular weight excluding hydrogens is 306 g/mol. The maximum Gasteiger partial charge on any atom is 0.243 e. The van der Waals surface area contributed by atoms with Crippen LogP contribution in [0, 0.1) is 0 Å². The largest absolute Gasteiger partial charge is 0.376 e. The van der Waals surface area contributed by atoms with E-state index in [0.29, 0.717) is 18.3 Å². The van der Waals surface area contributed by atoms with Crippen molar-refractivity contribution in [1.29, 1.82) is 0 Å². The van der Waals surface area contributed by atoms with Crippen LogP contribution in [-0.4, -0.2) is 45.4 Å². The van der Waals surface area contributed by atoms with E-state index in [-0.39, 0.29) is 18.6 Å². The summed E-state index contributed by atoms with van der Waals surface area (Å²) in [4.78, 5) is 13.3. The molecule has 3 rings (SSSR count).